The van der Waals surface area contributed by atoms with E-state index < -0.39 is 0 Å². The van der Waals surface area contributed by atoms with E-state index >= 15 is 0 Å². The molecule has 0 heterocycles. The SMILES string of the molecule is OCC1(CNC2CCc3cc(O)ccc32)CC1. The minimum atomic E-state index is 0.166. The highest BCUT2D eigenvalue weighted by Crippen LogP contribution is 2.45. The zero-order valence-corrected chi connectivity index (χ0v) is 9.95. The number of aryl methyl sites for hydroxylation is 1. The summed E-state index contributed by atoms with van der Waals surface area (Å²) in [5.74, 6) is 0.360. The van der Waals surface area contributed by atoms with Crippen molar-refractivity contribution < 1.29 is 10.2 Å². The monoisotopic (exact) mass is 233 g/mol. The Morgan fingerprint density at radius 2 is 2.18 bits per heavy atom. The molecule has 3 rings (SSSR count). The van der Waals surface area contributed by atoms with Gasteiger partial charge in [0.25, 0.3) is 0 Å². The lowest BCUT2D eigenvalue weighted by molar-refractivity contribution is 0.204. The second-order valence-electron chi connectivity index (χ2n) is 5.51. The van der Waals surface area contributed by atoms with Gasteiger partial charge in [0, 0.05) is 24.6 Å². The van der Waals surface area contributed by atoms with Crippen LogP contribution in [-0.4, -0.2) is 23.4 Å². The van der Waals surface area contributed by atoms with Crippen LogP contribution >= 0.6 is 0 Å². The maximum Gasteiger partial charge on any atom is 0.115 e. The molecule has 0 aromatic heterocycles. The Kier molecular flexibility index (Phi) is 2.60. The van der Waals surface area contributed by atoms with E-state index in [9.17, 15) is 10.2 Å². The number of benzene rings is 1. The van der Waals surface area contributed by atoms with Crippen molar-refractivity contribution in [3.05, 3.63) is 29.3 Å². The molecule has 1 unspecified atom stereocenters. The Morgan fingerprint density at radius 3 is 2.88 bits per heavy atom. The van der Waals surface area contributed by atoms with Crippen LogP contribution in [0.15, 0.2) is 18.2 Å². The molecular weight excluding hydrogens is 214 g/mol. The predicted molar refractivity (Wildman–Crippen MR) is 65.9 cm³/mol. The third-order valence-electron chi connectivity index (χ3n) is 4.22. The zero-order valence-electron chi connectivity index (χ0n) is 9.95. The van der Waals surface area contributed by atoms with Gasteiger partial charge in [-0.2, -0.15) is 0 Å². The smallest absolute Gasteiger partial charge is 0.115 e. The van der Waals surface area contributed by atoms with Crippen molar-refractivity contribution >= 4 is 0 Å². The van der Waals surface area contributed by atoms with Crippen LogP contribution in [0.5, 0.6) is 5.75 Å². The van der Waals surface area contributed by atoms with Crippen molar-refractivity contribution in [3.63, 3.8) is 0 Å². The molecule has 1 aromatic rings. The Morgan fingerprint density at radius 1 is 1.35 bits per heavy atom. The van der Waals surface area contributed by atoms with E-state index in [1.807, 2.05) is 12.1 Å². The van der Waals surface area contributed by atoms with Gasteiger partial charge in [-0.3, -0.25) is 0 Å². The first-order chi connectivity index (χ1) is 8.22. The fourth-order valence-corrected chi connectivity index (χ4v) is 2.72. The first-order valence-corrected chi connectivity index (χ1v) is 6.38. The van der Waals surface area contributed by atoms with Crippen LogP contribution in [0.3, 0.4) is 0 Å². The molecular formula is C14H19NO2. The fourth-order valence-electron chi connectivity index (χ4n) is 2.72. The Labute approximate surface area is 101 Å². The molecule has 3 nitrogen and oxygen atoms in total. The lowest BCUT2D eigenvalue weighted by atomic mass is 10.1. The Balaban J connectivity index is 1.67. The largest absolute Gasteiger partial charge is 0.508 e. The third-order valence-corrected chi connectivity index (χ3v) is 4.22. The molecule has 0 saturated heterocycles. The van der Waals surface area contributed by atoms with Crippen LogP contribution < -0.4 is 5.32 Å². The topological polar surface area (TPSA) is 52.5 Å². The van der Waals surface area contributed by atoms with Crippen LogP contribution in [0.4, 0.5) is 0 Å². The van der Waals surface area contributed by atoms with Gasteiger partial charge in [0.05, 0.1) is 0 Å². The van der Waals surface area contributed by atoms with Gasteiger partial charge in [0.15, 0.2) is 0 Å². The van der Waals surface area contributed by atoms with Crippen molar-refractivity contribution in [2.75, 3.05) is 13.2 Å². The molecule has 1 saturated carbocycles. The van der Waals surface area contributed by atoms with Crippen LogP contribution in [-0.2, 0) is 6.42 Å². The number of aliphatic hydroxyl groups excluding tert-OH is 1. The number of phenols is 1. The average Bonchev–Trinajstić information content (AvgIpc) is 3.02. The van der Waals surface area contributed by atoms with Crippen LogP contribution in [0.1, 0.15) is 36.4 Å². The summed E-state index contributed by atoms with van der Waals surface area (Å²) in [6.45, 7) is 1.21. The minimum Gasteiger partial charge on any atom is -0.508 e. The summed E-state index contributed by atoms with van der Waals surface area (Å²) in [6, 6.07) is 6.05. The molecule has 3 heteroatoms. The molecule has 2 aliphatic carbocycles. The molecule has 1 fully saturated rings. The van der Waals surface area contributed by atoms with Gasteiger partial charge in [-0.1, -0.05) is 6.07 Å². The van der Waals surface area contributed by atoms with Gasteiger partial charge < -0.3 is 15.5 Å². The second-order valence-corrected chi connectivity index (χ2v) is 5.51. The first kappa shape index (κ1) is 11.1. The maximum atomic E-state index is 9.44. The molecule has 0 bridgehead atoms. The number of nitrogens with one attached hydrogen (secondary N) is 1. The zero-order chi connectivity index (χ0) is 11.9. The van der Waals surface area contributed by atoms with E-state index in [0.717, 1.165) is 32.2 Å². The molecule has 1 atom stereocenters. The molecule has 0 spiro atoms. The molecule has 0 amide bonds. The standard InChI is InChI=1S/C14H19NO2/c16-9-14(5-6-14)8-15-13-4-1-10-7-11(17)2-3-12(10)13/h2-3,7,13,15-17H,1,4-6,8-9H2. The molecule has 0 radical (unpaired) electrons. The van der Waals surface area contributed by atoms with E-state index in [1.54, 1.807) is 6.07 Å². The van der Waals surface area contributed by atoms with Crippen LogP contribution in [0.25, 0.3) is 0 Å². The quantitative estimate of drug-likeness (QED) is 0.742. The van der Waals surface area contributed by atoms with Gasteiger partial charge >= 0.3 is 0 Å². The Hall–Kier alpha value is -1.06. The highest BCUT2D eigenvalue weighted by atomic mass is 16.3. The molecule has 0 aliphatic heterocycles. The number of fused-ring (bicyclic) bond motifs is 1. The lowest BCUT2D eigenvalue weighted by Crippen LogP contribution is -2.29. The highest BCUT2D eigenvalue weighted by Gasteiger charge is 2.42. The Bertz CT molecular complexity index is 426. The summed E-state index contributed by atoms with van der Waals surface area (Å²) in [5.41, 5.74) is 2.74. The van der Waals surface area contributed by atoms with Gasteiger partial charge in [0.2, 0.25) is 0 Å². The van der Waals surface area contributed by atoms with E-state index in [0.29, 0.717) is 18.4 Å². The molecule has 3 N–H and O–H groups in total. The molecule has 2 aliphatic rings. The van der Waals surface area contributed by atoms with Crippen molar-refractivity contribution in [3.8, 4) is 5.75 Å². The third kappa shape index (κ3) is 2.05. The van der Waals surface area contributed by atoms with Gasteiger partial charge in [-0.15, -0.1) is 0 Å². The van der Waals surface area contributed by atoms with Crippen LogP contribution in [0.2, 0.25) is 0 Å². The molecule has 1 aromatic carbocycles. The summed E-state index contributed by atoms with van der Waals surface area (Å²) in [6.07, 6.45) is 4.42. The minimum absolute atomic E-state index is 0.166. The summed E-state index contributed by atoms with van der Waals surface area (Å²) in [5, 5.41) is 22.3. The second kappa shape index (κ2) is 4.00. The van der Waals surface area contributed by atoms with E-state index in [1.165, 1.54) is 11.1 Å². The van der Waals surface area contributed by atoms with Crippen molar-refractivity contribution in [1.82, 2.24) is 5.32 Å². The number of hydrogen-bond acceptors (Lipinski definition) is 3. The van der Waals surface area contributed by atoms with E-state index in [4.69, 9.17) is 0 Å². The number of aromatic hydroxyl groups is 1. The van der Waals surface area contributed by atoms with E-state index in [-0.39, 0.29) is 5.41 Å². The predicted octanol–water partition coefficient (Wildman–Crippen LogP) is 1.74. The number of hydrogen-bond donors (Lipinski definition) is 3. The molecule has 92 valence electrons. The van der Waals surface area contributed by atoms with Gasteiger partial charge in [-0.05, 0) is 48.9 Å². The highest BCUT2D eigenvalue weighted by molar-refractivity contribution is 5.40. The summed E-state index contributed by atoms with van der Waals surface area (Å²) in [7, 11) is 0. The maximum absolute atomic E-state index is 9.44. The van der Waals surface area contributed by atoms with Crippen LogP contribution in [0, 0.1) is 5.41 Å². The number of phenolic OH excluding ortho intramolecular Hbond substituents is 1. The van der Waals surface area contributed by atoms with Crippen molar-refractivity contribution in [2.45, 2.75) is 31.7 Å². The molecule has 17 heavy (non-hydrogen) atoms. The van der Waals surface area contributed by atoms with Gasteiger partial charge in [-0.25, -0.2) is 0 Å². The summed E-state index contributed by atoms with van der Waals surface area (Å²) >= 11 is 0. The summed E-state index contributed by atoms with van der Waals surface area (Å²) in [4.78, 5) is 0. The van der Waals surface area contributed by atoms with Crippen molar-refractivity contribution in [2.24, 2.45) is 5.41 Å². The van der Waals surface area contributed by atoms with Gasteiger partial charge in [0.1, 0.15) is 5.75 Å². The normalized spacial score (nSPS) is 24.6. The number of aliphatic hydroxyl groups is 1. The van der Waals surface area contributed by atoms with E-state index in [2.05, 4.69) is 5.32 Å². The van der Waals surface area contributed by atoms with Crippen molar-refractivity contribution in [1.29, 1.82) is 0 Å². The summed E-state index contributed by atoms with van der Waals surface area (Å²) < 4.78 is 0. The average molecular weight is 233 g/mol. The number of rotatable bonds is 4. The fraction of sp³-hybridized carbons (Fsp3) is 0.571. The lowest BCUT2D eigenvalue weighted by Gasteiger charge is -2.18. The first-order valence-electron chi connectivity index (χ1n) is 6.38.